The Morgan fingerprint density at radius 1 is 0.926 bits per heavy atom. The van der Waals surface area contributed by atoms with Crippen LogP contribution in [0.1, 0.15) is 31.4 Å². The van der Waals surface area contributed by atoms with E-state index in [1.165, 1.54) is 0 Å². The Morgan fingerprint density at radius 2 is 1.59 bits per heavy atom. The van der Waals surface area contributed by atoms with Crippen LogP contribution in [0.5, 0.6) is 0 Å². The normalized spacial score (nSPS) is 10.4. The third kappa shape index (κ3) is 5.73. The van der Waals surface area contributed by atoms with Crippen molar-refractivity contribution in [1.29, 1.82) is 0 Å². The van der Waals surface area contributed by atoms with E-state index in [1.54, 1.807) is 12.1 Å². The maximum atomic E-state index is 12.2. The number of rotatable bonds is 7. The topological polar surface area (TPSA) is 61.4 Å². The Bertz CT molecular complexity index is 832. The summed E-state index contributed by atoms with van der Waals surface area (Å²) in [5.74, 6) is -0.741. The van der Waals surface area contributed by atoms with Crippen molar-refractivity contribution < 1.29 is 9.59 Å². The van der Waals surface area contributed by atoms with Crippen LogP contribution in [-0.2, 0) is 9.59 Å². The summed E-state index contributed by atoms with van der Waals surface area (Å²) in [6, 6.07) is 11.1. The van der Waals surface area contributed by atoms with Crippen molar-refractivity contribution in [2.75, 3.05) is 28.6 Å². The molecule has 0 atom stereocenters. The average molecular weight is 388 g/mol. The second kappa shape index (κ2) is 9.42. The highest BCUT2D eigenvalue weighted by Crippen LogP contribution is 2.23. The highest BCUT2D eigenvalue weighted by atomic mass is 35.5. The fourth-order valence-corrected chi connectivity index (χ4v) is 2.97. The number of anilines is 3. The minimum absolute atomic E-state index is 0.261. The third-order valence-corrected chi connectivity index (χ3v) is 4.80. The maximum Gasteiger partial charge on any atom is 0.233 e. The molecular formula is C21H26ClN3O2. The van der Waals surface area contributed by atoms with Gasteiger partial charge in [0, 0.05) is 35.2 Å². The first-order chi connectivity index (χ1) is 12.8. The molecule has 2 amide bonds. The Morgan fingerprint density at radius 3 is 2.19 bits per heavy atom. The number of nitrogens with zero attached hydrogens (tertiary/aromatic N) is 1. The molecule has 0 saturated heterocycles. The molecule has 2 aromatic carbocycles. The summed E-state index contributed by atoms with van der Waals surface area (Å²) >= 11 is 6.05. The molecule has 27 heavy (non-hydrogen) atoms. The second-order valence-corrected chi connectivity index (χ2v) is 6.82. The minimum atomic E-state index is -0.384. The van der Waals surface area contributed by atoms with Gasteiger partial charge in [0.15, 0.2) is 0 Å². The average Bonchev–Trinajstić information content (AvgIpc) is 2.61. The molecule has 5 nitrogen and oxygen atoms in total. The summed E-state index contributed by atoms with van der Waals surface area (Å²) in [5, 5.41) is 6.07. The van der Waals surface area contributed by atoms with Gasteiger partial charge in [-0.25, -0.2) is 0 Å². The van der Waals surface area contributed by atoms with Gasteiger partial charge < -0.3 is 15.5 Å². The molecule has 2 aromatic rings. The summed E-state index contributed by atoms with van der Waals surface area (Å²) < 4.78 is 0. The molecule has 0 heterocycles. The summed E-state index contributed by atoms with van der Waals surface area (Å²) in [7, 11) is 0. The van der Waals surface area contributed by atoms with Crippen molar-refractivity contribution in [1.82, 2.24) is 0 Å². The lowest BCUT2D eigenvalue weighted by molar-refractivity contribution is -0.123. The molecular weight excluding hydrogens is 362 g/mol. The summed E-state index contributed by atoms with van der Waals surface area (Å²) in [6.07, 6.45) is -0.261. The smallest absolute Gasteiger partial charge is 0.233 e. The number of carbonyl (C=O) groups excluding carboxylic acids is 2. The van der Waals surface area contributed by atoms with Crippen molar-refractivity contribution in [2.24, 2.45) is 0 Å². The van der Waals surface area contributed by atoms with E-state index in [-0.39, 0.29) is 18.2 Å². The molecule has 0 saturated carbocycles. The SMILES string of the molecule is CCN(CC)c1ccc(NC(=O)CC(=O)Nc2ccc(C)c(Cl)c2)c(C)c1. The number of carbonyl (C=O) groups is 2. The van der Waals surface area contributed by atoms with E-state index in [4.69, 9.17) is 11.6 Å². The molecule has 0 bridgehead atoms. The molecule has 0 fully saturated rings. The Labute approximate surface area is 165 Å². The molecule has 0 spiro atoms. The first kappa shape index (κ1) is 20.8. The van der Waals surface area contributed by atoms with E-state index in [9.17, 15) is 9.59 Å². The Kier molecular flexibility index (Phi) is 7.25. The highest BCUT2D eigenvalue weighted by molar-refractivity contribution is 6.31. The molecule has 144 valence electrons. The third-order valence-electron chi connectivity index (χ3n) is 4.39. The van der Waals surface area contributed by atoms with E-state index in [0.717, 1.165) is 29.9 Å². The Balaban J connectivity index is 1.96. The zero-order chi connectivity index (χ0) is 20.0. The van der Waals surface area contributed by atoms with E-state index < -0.39 is 0 Å². The van der Waals surface area contributed by atoms with Gasteiger partial charge in [0.2, 0.25) is 11.8 Å². The van der Waals surface area contributed by atoms with Crippen molar-refractivity contribution >= 4 is 40.5 Å². The van der Waals surface area contributed by atoms with Crippen molar-refractivity contribution in [3.8, 4) is 0 Å². The number of amides is 2. The molecule has 0 aromatic heterocycles. The van der Waals surface area contributed by atoms with Crippen LogP contribution in [0.4, 0.5) is 17.1 Å². The minimum Gasteiger partial charge on any atom is -0.372 e. The highest BCUT2D eigenvalue weighted by Gasteiger charge is 2.12. The molecule has 0 aliphatic heterocycles. The monoisotopic (exact) mass is 387 g/mol. The first-order valence-corrected chi connectivity index (χ1v) is 9.43. The largest absolute Gasteiger partial charge is 0.372 e. The molecule has 0 unspecified atom stereocenters. The Hall–Kier alpha value is -2.53. The quantitative estimate of drug-likeness (QED) is 0.672. The number of benzene rings is 2. The fourth-order valence-electron chi connectivity index (χ4n) is 2.79. The van der Waals surface area contributed by atoms with Gasteiger partial charge in [-0.15, -0.1) is 0 Å². The van der Waals surface area contributed by atoms with Crippen LogP contribution in [0.2, 0.25) is 5.02 Å². The van der Waals surface area contributed by atoms with Crippen molar-refractivity contribution in [3.63, 3.8) is 0 Å². The second-order valence-electron chi connectivity index (χ2n) is 6.41. The predicted octanol–water partition coefficient (Wildman–Crippen LogP) is 4.77. The van der Waals surface area contributed by atoms with Gasteiger partial charge in [0.1, 0.15) is 6.42 Å². The van der Waals surface area contributed by atoms with Crippen molar-refractivity contribution in [3.05, 3.63) is 52.5 Å². The number of aryl methyl sites for hydroxylation is 2. The summed E-state index contributed by atoms with van der Waals surface area (Å²) in [4.78, 5) is 26.5. The fraction of sp³-hybridized carbons (Fsp3) is 0.333. The lowest BCUT2D eigenvalue weighted by Crippen LogP contribution is -2.23. The van der Waals surface area contributed by atoms with Gasteiger partial charge in [0.05, 0.1) is 0 Å². The van der Waals surface area contributed by atoms with Crippen LogP contribution < -0.4 is 15.5 Å². The maximum absolute atomic E-state index is 12.2. The molecule has 6 heteroatoms. The number of hydrogen-bond donors (Lipinski definition) is 2. The van der Waals surface area contributed by atoms with Gasteiger partial charge in [-0.3, -0.25) is 9.59 Å². The number of hydrogen-bond acceptors (Lipinski definition) is 3. The standard InChI is InChI=1S/C21H26ClN3O2/c1-5-25(6-2)17-9-10-19(15(4)11-17)24-21(27)13-20(26)23-16-8-7-14(3)18(22)12-16/h7-12H,5-6,13H2,1-4H3,(H,23,26)(H,24,27). The zero-order valence-corrected chi connectivity index (χ0v) is 17.0. The van der Waals surface area contributed by atoms with Crippen LogP contribution in [-0.4, -0.2) is 24.9 Å². The van der Waals surface area contributed by atoms with Crippen LogP contribution >= 0.6 is 11.6 Å². The van der Waals surface area contributed by atoms with Gasteiger partial charge in [-0.2, -0.15) is 0 Å². The van der Waals surface area contributed by atoms with E-state index >= 15 is 0 Å². The first-order valence-electron chi connectivity index (χ1n) is 9.05. The molecule has 0 aliphatic carbocycles. The molecule has 0 aliphatic rings. The van der Waals surface area contributed by atoms with Gasteiger partial charge in [0.25, 0.3) is 0 Å². The van der Waals surface area contributed by atoms with Crippen LogP contribution in [0, 0.1) is 13.8 Å². The lowest BCUT2D eigenvalue weighted by Gasteiger charge is -2.22. The predicted molar refractivity (Wildman–Crippen MR) is 113 cm³/mol. The lowest BCUT2D eigenvalue weighted by atomic mass is 10.1. The summed E-state index contributed by atoms with van der Waals surface area (Å²) in [6.45, 7) is 9.88. The van der Waals surface area contributed by atoms with Crippen LogP contribution in [0.15, 0.2) is 36.4 Å². The summed E-state index contributed by atoms with van der Waals surface area (Å²) in [5.41, 5.74) is 4.28. The van der Waals surface area contributed by atoms with E-state index in [1.807, 2.05) is 38.1 Å². The van der Waals surface area contributed by atoms with Crippen LogP contribution in [0.25, 0.3) is 0 Å². The number of halogens is 1. The molecule has 2 rings (SSSR count). The number of nitrogens with one attached hydrogen (secondary N) is 2. The van der Waals surface area contributed by atoms with Crippen molar-refractivity contribution in [2.45, 2.75) is 34.1 Å². The zero-order valence-electron chi connectivity index (χ0n) is 16.2. The van der Waals surface area contributed by atoms with Gasteiger partial charge in [-0.1, -0.05) is 17.7 Å². The van der Waals surface area contributed by atoms with E-state index in [2.05, 4.69) is 29.4 Å². The molecule has 0 radical (unpaired) electrons. The van der Waals surface area contributed by atoms with Crippen LogP contribution in [0.3, 0.4) is 0 Å². The van der Waals surface area contributed by atoms with Gasteiger partial charge in [-0.05, 0) is 69.2 Å². The molecule has 2 N–H and O–H groups in total. The van der Waals surface area contributed by atoms with E-state index in [0.29, 0.717) is 16.4 Å². The van der Waals surface area contributed by atoms with Gasteiger partial charge >= 0.3 is 0 Å².